The summed E-state index contributed by atoms with van der Waals surface area (Å²) in [6.07, 6.45) is 1.30. The monoisotopic (exact) mass is 360 g/mol. The van der Waals surface area contributed by atoms with E-state index in [-0.39, 0.29) is 0 Å². The lowest BCUT2D eigenvalue weighted by Gasteiger charge is -2.26. The smallest absolute Gasteiger partial charge is 0.357 e. The molecule has 134 valence electrons. The molecule has 5 heteroatoms. The SMILES string of the molecule is CCOP(=O)(OCC)C1=C(c2ccc(OC)cc2)[C@@H]2C3C4[C@@H]3C[C@@H]2[C@@H]14. The van der Waals surface area contributed by atoms with E-state index in [2.05, 4.69) is 12.1 Å². The van der Waals surface area contributed by atoms with Crippen molar-refractivity contribution in [2.75, 3.05) is 20.3 Å². The standard InChI is InChI=1S/C20H25O4P/c1-4-23-25(21,24-5-2)20-15(11-6-8-12(22-3)9-7-11)16-14-10-13-17(16)18(13)19(14)20/h6-9,13-14,16-19H,4-5,10H2,1-3H3/t13-,14+,16-,17?,18?,19-/m1/s1. The van der Waals surface area contributed by atoms with Gasteiger partial charge in [0, 0.05) is 5.31 Å². The largest absolute Gasteiger partial charge is 0.497 e. The van der Waals surface area contributed by atoms with Gasteiger partial charge in [-0.25, -0.2) is 0 Å². The molecule has 0 amide bonds. The van der Waals surface area contributed by atoms with Gasteiger partial charge in [0.2, 0.25) is 0 Å². The number of hydrogen-bond acceptors (Lipinski definition) is 4. The molecule has 0 heterocycles. The van der Waals surface area contributed by atoms with Crippen LogP contribution in [0.5, 0.6) is 5.75 Å². The van der Waals surface area contributed by atoms with E-state index in [1.54, 1.807) is 7.11 Å². The van der Waals surface area contributed by atoms with Crippen molar-refractivity contribution < 1.29 is 18.3 Å². The molecule has 0 aromatic heterocycles. The predicted molar refractivity (Wildman–Crippen MR) is 96.3 cm³/mol. The van der Waals surface area contributed by atoms with Crippen LogP contribution in [0.3, 0.4) is 0 Å². The summed E-state index contributed by atoms with van der Waals surface area (Å²) in [6.45, 7) is 4.62. The molecule has 4 nitrogen and oxygen atoms in total. The van der Waals surface area contributed by atoms with E-state index in [0.717, 1.165) is 28.8 Å². The number of allylic oxidation sites excluding steroid dienone is 2. The maximum atomic E-state index is 13.7. The predicted octanol–water partition coefficient (Wildman–Crippen LogP) is 4.81. The van der Waals surface area contributed by atoms with Crippen LogP contribution < -0.4 is 4.74 Å². The van der Waals surface area contributed by atoms with Gasteiger partial charge in [0.15, 0.2) is 0 Å². The molecule has 6 bridgehead atoms. The summed E-state index contributed by atoms with van der Waals surface area (Å²) < 4.78 is 30.6. The van der Waals surface area contributed by atoms with E-state index in [0.29, 0.717) is 31.0 Å². The Bertz CT molecular complexity index is 773. The van der Waals surface area contributed by atoms with Crippen LogP contribution >= 0.6 is 7.60 Å². The van der Waals surface area contributed by atoms with Gasteiger partial charge in [0.05, 0.1) is 20.3 Å². The zero-order valence-electron chi connectivity index (χ0n) is 15.0. The van der Waals surface area contributed by atoms with Crippen molar-refractivity contribution in [3.63, 3.8) is 0 Å². The first kappa shape index (κ1) is 16.1. The lowest BCUT2D eigenvalue weighted by atomic mass is 9.90. The fourth-order valence-electron chi connectivity index (χ4n) is 6.25. The molecule has 0 spiro atoms. The highest BCUT2D eigenvalue weighted by molar-refractivity contribution is 7.58. The highest BCUT2D eigenvalue weighted by Gasteiger charge is 2.79. The Balaban J connectivity index is 1.65. The summed E-state index contributed by atoms with van der Waals surface area (Å²) in [6, 6.07) is 8.19. The third kappa shape index (κ3) is 1.99. The molecule has 6 atom stereocenters. The minimum Gasteiger partial charge on any atom is -0.497 e. The lowest BCUT2D eigenvalue weighted by molar-refractivity contribution is 0.222. The van der Waals surface area contributed by atoms with Crippen LogP contribution in [0.15, 0.2) is 29.6 Å². The Morgan fingerprint density at radius 1 is 1.00 bits per heavy atom. The van der Waals surface area contributed by atoms with Crippen molar-refractivity contribution in [1.29, 1.82) is 0 Å². The average Bonchev–Trinajstić information content (AvgIpc) is 2.96. The lowest BCUT2D eigenvalue weighted by Crippen LogP contribution is -2.10. The Morgan fingerprint density at radius 3 is 2.20 bits per heavy atom. The van der Waals surface area contributed by atoms with Crippen LogP contribution in [0.2, 0.25) is 0 Å². The minimum absolute atomic E-state index is 0.413. The first-order chi connectivity index (χ1) is 12.1. The zero-order valence-corrected chi connectivity index (χ0v) is 15.9. The number of benzene rings is 1. The second kappa shape index (κ2) is 5.45. The number of ether oxygens (including phenoxy) is 1. The van der Waals surface area contributed by atoms with Gasteiger partial charge < -0.3 is 13.8 Å². The molecule has 2 unspecified atom stereocenters. The average molecular weight is 360 g/mol. The number of hydrogen-bond donors (Lipinski definition) is 0. The van der Waals surface area contributed by atoms with E-state index in [1.807, 2.05) is 26.0 Å². The maximum Gasteiger partial charge on any atom is 0.357 e. The third-order valence-electron chi connectivity index (χ3n) is 6.81. The van der Waals surface area contributed by atoms with Gasteiger partial charge in [-0.15, -0.1) is 0 Å². The van der Waals surface area contributed by atoms with Gasteiger partial charge in [-0.3, -0.25) is 4.57 Å². The summed E-state index contributed by atoms with van der Waals surface area (Å²) in [5, 5.41) is 1.01. The normalized spacial score (nSPS) is 37.1. The van der Waals surface area contributed by atoms with E-state index >= 15 is 0 Å². The van der Waals surface area contributed by atoms with Gasteiger partial charge >= 0.3 is 7.60 Å². The summed E-state index contributed by atoms with van der Waals surface area (Å²) in [5.41, 5.74) is 2.43. The molecule has 4 fully saturated rings. The highest BCUT2D eigenvalue weighted by Crippen LogP contribution is 2.87. The van der Waals surface area contributed by atoms with Gasteiger partial charge in [-0.2, -0.15) is 0 Å². The van der Waals surface area contributed by atoms with Crippen molar-refractivity contribution in [3.05, 3.63) is 35.1 Å². The van der Waals surface area contributed by atoms with Crippen molar-refractivity contribution in [3.8, 4) is 5.75 Å². The fourth-order valence-corrected chi connectivity index (χ4v) is 8.59. The molecule has 1 aromatic rings. The second-order valence-corrected chi connectivity index (χ2v) is 9.62. The quantitative estimate of drug-likeness (QED) is 0.654. The Labute approximate surface area is 149 Å². The Kier molecular flexibility index (Phi) is 3.51. The van der Waals surface area contributed by atoms with Crippen LogP contribution in [-0.4, -0.2) is 20.3 Å². The molecule has 4 saturated carbocycles. The second-order valence-electron chi connectivity index (χ2n) is 7.63. The Hall–Kier alpha value is -1.09. The van der Waals surface area contributed by atoms with E-state index < -0.39 is 7.60 Å². The molecule has 25 heavy (non-hydrogen) atoms. The fraction of sp³-hybridized carbons (Fsp3) is 0.600. The van der Waals surface area contributed by atoms with Crippen LogP contribution in [0.1, 0.15) is 25.8 Å². The van der Waals surface area contributed by atoms with Crippen LogP contribution in [-0.2, 0) is 13.6 Å². The summed E-state index contributed by atoms with van der Waals surface area (Å²) in [7, 11) is -1.54. The molecular weight excluding hydrogens is 335 g/mol. The topological polar surface area (TPSA) is 44.8 Å². The van der Waals surface area contributed by atoms with E-state index in [1.165, 1.54) is 17.6 Å². The number of rotatable bonds is 7. The first-order valence-electron chi connectivity index (χ1n) is 9.42. The molecule has 5 aliphatic carbocycles. The van der Waals surface area contributed by atoms with Crippen molar-refractivity contribution in [2.45, 2.75) is 20.3 Å². The van der Waals surface area contributed by atoms with Crippen molar-refractivity contribution in [2.24, 2.45) is 35.5 Å². The molecule has 0 N–H and O–H groups in total. The van der Waals surface area contributed by atoms with Crippen LogP contribution in [0, 0.1) is 35.5 Å². The zero-order chi connectivity index (χ0) is 17.3. The van der Waals surface area contributed by atoms with Gasteiger partial charge in [-0.05, 0) is 79.0 Å². The highest BCUT2D eigenvalue weighted by atomic mass is 31.2. The molecular formula is C20H25O4P. The maximum absolute atomic E-state index is 13.7. The molecule has 5 aliphatic rings. The van der Waals surface area contributed by atoms with Crippen LogP contribution in [0.4, 0.5) is 0 Å². The molecule has 0 aliphatic heterocycles. The Morgan fingerprint density at radius 2 is 1.64 bits per heavy atom. The van der Waals surface area contributed by atoms with Gasteiger partial charge in [0.1, 0.15) is 5.75 Å². The summed E-state index contributed by atoms with van der Waals surface area (Å²) >= 11 is 0. The number of methoxy groups -OCH3 is 1. The molecule has 6 rings (SSSR count). The summed E-state index contributed by atoms with van der Waals surface area (Å²) in [5.74, 6) is 4.87. The van der Waals surface area contributed by atoms with Crippen molar-refractivity contribution in [1.82, 2.24) is 0 Å². The first-order valence-corrected chi connectivity index (χ1v) is 11.0. The van der Waals surface area contributed by atoms with E-state index in [9.17, 15) is 4.57 Å². The van der Waals surface area contributed by atoms with Gasteiger partial charge in [-0.1, -0.05) is 12.1 Å². The third-order valence-corrected chi connectivity index (χ3v) is 9.13. The van der Waals surface area contributed by atoms with Crippen LogP contribution in [0.25, 0.3) is 5.57 Å². The van der Waals surface area contributed by atoms with Gasteiger partial charge in [0.25, 0.3) is 0 Å². The molecule has 0 saturated heterocycles. The van der Waals surface area contributed by atoms with Crippen molar-refractivity contribution >= 4 is 13.2 Å². The van der Waals surface area contributed by atoms with E-state index in [4.69, 9.17) is 13.8 Å². The minimum atomic E-state index is -3.22. The molecule has 1 aromatic carbocycles. The molecule has 0 radical (unpaired) electrons. The summed E-state index contributed by atoms with van der Waals surface area (Å²) in [4.78, 5) is 0.